The van der Waals surface area contributed by atoms with Gasteiger partial charge in [-0.1, -0.05) is 73.3 Å². The van der Waals surface area contributed by atoms with E-state index >= 15 is 0 Å². The Balaban J connectivity index is 1.23. The number of thioether (sulfide) groups is 1. The zero-order valence-electron chi connectivity index (χ0n) is 23.0. The molecule has 0 aliphatic carbocycles. The fourth-order valence-electron chi connectivity index (χ4n) is 4.84. The van der Waals surface area contributed by atoms with Crippen LogP contribution in [0.2, 0.25) is 0 Å². The Hall–Kier alpha value is -3.91. The van der Waals surface area contributed by atoms with Crippen molar-refractivity contribution in [2.45, 2.75) is 30.8 Å². The molecule has 0 saturated carbocycles. The molecule has 1 aliphatic heterocycles. The number of benzene rings is 3. The van der Waals surface area contributed by atoms with E-state index < -0.39 is 0 Å². The highest BCUT2D eigenvalue weighted by molar-refractivity contribution is 7.98. The first kappa shape index (κ1) is 27.6. The molecular weight excluding hydrogens is 521 g/mol. The van der Waals surface area contributed by atoms with Gasteiger partial charge in [-0.3, -0.25) is 4.79 Å². The predicted molar refractivity (Wildman–Crippen MR) is 160 cm³/mol. The van der Waals surface area contributed by atoms with Crippen LogP contribution in [-0.4, -0.2) is 54.0 Å². The maximum Gasteiger partial charge on any atom is 0.253 e. The zero-order chi connectivity index (χ0) is 27.9. The molecule has 3 aromatic carbocycles. The molecule has 1 aromatic heterocycles. The number of rotatable bonds is 9. The van der Waals surface area contributed by atoms with Crippen LogP contribution >= 0.6 is 11.8 Å². The number of amides is 1. The van der Waals surface area contributed by atoms with E-state index in [-0.39, 0.29) is 11.7 Å². The fraction of sp³-hybridized carbons (Fsp3) is 0.281. The van der Waals surface area contributed by atoms with Crippen molar-refractivity contribution in [2.75, 3.05) is 43.0 Å². The quantitative estimate of drug-likeness (QED) is 0.185. The number of hydrogen-bond acceptors (Lipinski definition) is 6. The molecule has 0 unspecified atom stereocenters. The second kappa shape index (κ2) is 13.0. The number of carbonyl (C=O) groups is 1. The number of aryl methyl sites for hydroxylation is 1. The van der Waals surface area contributed by atoms with Gasteiger partial charge in [-0.25, -0.2) is 14.4 Å². The molecule has 2 heterocycles. The van der Waals surface area contributed by atoms with Crippen molar-refractivity contribution in [3.63, 3.8) is 0 Å². The van der Waals surface area contributed by atoms with Crippen molar-refractivity contribution in [3.05, 3.63) is 113 Å². The number of carbonyl (C=O) groups excluding carboxylic acids is 1. The van der Waals surface area contributed by atoms with Gasteiger partial charge in [-0.05, 0) is 41.8 Å². The fourth-order valence-corrected chi connectivity index (χ4v) is 5.66. The van der Waals surface area contributed by atoms with Gasteiger partial charge in [0, 0.05) is 62.8 Å². The van der Waals surface area contributed by atoms with E-state index in [1.54, 1.807) is 22.7 Å². The first-order valence-corrected chi connectivity index (χ1v) is 14.6. The molecule has 1 fully saturated rings. The molecule has 0 bridgehead atoms. The third-order valence-electron chi connectivity index (χ3n) is 7.06. The number of nitrogens with zero attached hydrogens (tertiary/aromatic N) is 5. The van der Waals surface area contributed by atoms with Crippen molar-refractivity contribution < 1.29 is 9.18 Å². The highest BCUT2D eigenvalue weighted by Crippen LogP contribution is 2.26. The van der Waals surface area contributed by atoms with E-state index in [1.165, 1.54) is 6.07 Å². The van der Waals surface area contributed by atoms with Crippen LogP contribution < -0.4 is 9.80 Å². The summed E-state index contributed by atoms with van der Waals surface area (Å²) in [5, 5.41) is 0.726. The molecule has 8 heteroatoms. The maximum absolute atomic E-state index is 14.3. The smallest absolute Gasteiger partial charge is 0.253 e. The summed E-state index contributed by atoms with van der Waals surface area (Å²) in [6.07, 6.45) is 0.815. The zero-order valence-corrected chi connectivity index (χ0v) is 23.8. The lowest BCUT2D eigenvalue weighted by atomic mass is 10.1. The summed E-state index contributed by atoms with van der Waals surface area (Å²) in [5.74, 6) is 1.39. The van der Waals surface area contributed by atoms with Gasteiger partial charge in [0.1, 0.15) is 11.6 Å². The molecule has 40 heavy (non-hydrogen) atoms. The minimum absolute atomic E-state index is 0.00301. The maximum atomic E-state index is 14.3. The highest BCUT2D eigenvalue weighted by atomic mass is 32.2. The molecule has 1 amide bonds. The summed E-state index contributed by atoms with van der Waals surface area (Å²) in [6.45, 7) is 5.65. The molecule has 1 aliphatic rings. The SMILES string of the molecule is CCc1cc(N2CCN(c3ccccc3F)CC2)nc(SCc2cccc(C(=O)N(C)Cc3ccccc3)c2)n1. The third-order valence-corrected chi connectivity index (χ3v) is 7.97. The molecule has 6 nitrogen and oxygen atoms in total. The summed E-state index contributed by atoms with van der Waals surface area (Å²) in [5.41, 5.74) is 4.47. The number of halogens is 1. The second-order valence-electron chi connectivity index (χ2n) is 9.91. The molecule has 0 atom stereocenters. The normalized spacial score (nSPS) is 13.4. The van der Waals surface area contributed by atoms with E-state index in [2.05, 4.69) is 22.8 Å². The van der Waals surface area contributed by atoms with Crippen molar-refractivity contribution >= 4 is 29.2 Å². The van der Waals surface area contributed by atoms with Crippen molar-refractivity contribution in [1.82, 2.24) is 14.9 Å². The lowest BCUT2D eigenvalue weighted by Gasteiger charge is -2.37. The topological polar surface area (TPSA) is 52.6 Å². The molecule has 1 saturated heterocycles. The summed E-state index contributed by atoms with van der Waals surface area (Å²) >= 11 is 1.58. The van der Waals surface area contributed by atoms with Crippen LogP contribution in [0, 0.1) is 5.82 Å². The Kier molecular flexibility index (Phi) is 8.96. The number of anilines is 2. The average molecular weight is 556 g/mol. The Morgan fingerprint density at radius 2 is 1.57 bits per heavy atom. The molecule has 0 radical (unpaired) electrons. The Labute approximate surface area is 239 Å². The molecule has 206 valence electrons. The Morgan fingerprint density at radius 1 is 0.875 bits per heavy atom. The van der Waals surface area contributed by atoms with Gasteiger partial charge in [-0.15, -0.1) is 0 Å². The number of aromatic nitrogens is 2. The standard InChI is InChI=1S/C32H34FN5OS/c1-3-27-21-30(38-18-16-37(17-19-38)29-15-8-7-14-28(29)33)35-32(34-27)40-23-25-12-9-13-26(20-25)31(39)36(2)22-24-10-5-4-6-11-24/h4-15,20-21H,3,16-19,22-23H2,1-2H3. The van der Waals surface area contributed by atoms with Crippen molar-refractivity contribution in [2.24, 2.45) is 0 Å². The summed E-state index contributed by atoms with van der Waals surface area (Å²) in [6, 6.07) is 26.8. The van der Waals surface area contributed by atoms with Gasteiger partial charge < -0.3 is 14.7 Å². The molecule has 0 spiro atoms. The predicted octanol–water partition coefficient (Wildman–Crippen LogP) is 6.07. The monoisotopic (exact) mass is 555 g/mol. The Bertz CT molecular complexity index is 1440. The minimum Gasteiger partial charge on any atom is -0.366 e. The average Bonchev–Trinajstić information content (AvgIpc) is 3.00. The van der Waals surface area contributed by atoms with E-state index in [1.807, 2.05) is 73.8 Å². The van der Waals surface area contributed by atoms with E-state index in [0.29, 0.717) is 23.5 Å². The molecule has 5 rings (SSSR count). The van der Waals surface area contributed by atoms with E-state index in [9.17, 15) is 9.18 Å². The number of piperazine rings is 1. The van der Waals surface area contributed by atoms with Crippen molar-refractivity contribution in [1.29, 1.82) is 0 Å². The third kappa shape index (κ3) is 6.80. The summed E-state index contributed by atoms with van der Waals surface area (Å²) in [4.78, 5) is 28.8. The largest absolute Gasteiger partial charge is 0.366 e. The first-order valence-electron chi connectivity index (χ1n) is 13.6. The van der Waals surface area contributed by atoms with Crippen LogP contribution in [0.3, 0.4) is 0 Å². The lowest BCUT2D eigenvalue weighted by Crippen LogP contribution is -2.47. The van der Waals surface area contributed by atoms with Crippen LogP contribution in [0.4, 0.5) is 15.9 Å². The van der Waals surface area contributed by atoms with E-state index in [4.69, 9.17) is 9.97 Å². The first-order chi connectivity index (χ1) is 19.5. The van der Waals surface area contributed by atoms with Crippen LogP contribution in [0.1, 0.15) is 34.1 Å². The van der Waals surface area contributed by atoms with Gasteiger partial charge in [0.05, 0.1) is 5.69 Å². The lowest BCUT2D eigenvalue weighted by molar-refractivity contribution is 0.0785. The number of hydrogen-bond donors (Lipinski definition) is 0. The van der Waals surface area contributed by atoms with Gasteiger partial charge in [0.25, 0.3) is 5.91 Å². The Morgan fingerprint density at radius 3 is 2.33 bits per heavy atom. The van der Waals surface area contributed by atoms with Crippen LogP contribution in [0.25, 0.3) is 0 Å². The van der Waals surface area contributed by atoms with E-state index in [0.717, 1.165) is 60.4 Å². The number of para-hydroxylation sites is 1. The van der Waals surface area contributed by atoms with Gasteiger partial charge >= 0.3 is 0 Å². The van der Waals surface area contributed by atoms with Crippen molar-refractivity contribution in [3.8, 4) is 0 Å². The minimum atomic E-state index is -0.182. The second-order valence-corrected chi connectivity index (χ2v) is 10.9. The summed E-state index contributed by atoms with van der Waals surface area (Å²) in [7, 11) is 1.83. The van der Waals surface area contributed by atoms with Gasteiger partial charge in [0.15, 0.2) is 5.16 Å². The van der Waals surface area contributed by atoms with Gasteiger partial charge in [0.2, 0.25) is 0 Å². The van der Waals surface area contributed by atoms with Gasteiger partial charge in [-0.2, -0.15) is 0 Å². The van der Waals surface area contributed by atoms with Crippen LogP contribution in [0.5, 0.6) is 0 Å². The highest BCUT2D eigenvalue weighted by Gasteiger charge is 2.21. The molecular formula is C32H34FN5OS. The molecule has 4 aromatic rings. The van der Waals surface area contributed by atoms with Crippen LogP contribution in [-0.2, 0) is 18.7 Å². The van der Waals surface area contributed by atoms with Crippen LogP contribution in [0.15, 0.2) is 90.1 Å². The summed E-state index contributed by atoms with van der Waals surface area (Å²) < 4.78 is 14.3. The molecule has 0 N–H and O–H groups in total.